The molecular formula is C12H14N4O2S. The van der Waals surface area contributed by atoms with Crippen LogP contribution in [0.15, 0.2) is 17.6 Å². The third-order valence-corrected chi connectivity index (χ3v) is 5.07. The van der Waals surface area contributed by atoms with Gasteiger partial charge in [0.15, 0.2) is 5.65 Å². The molecule has 2 saturated carbocycles. The van der Waals surface area contributed by atoms with E-state index in [1.54, 1.807) is 6.20 Å². The van der Waals surface area contributed by atoms with Crippen LogP contribution in [0.4, 0.5) is 0 Å². The predicted octanol–water partition coefficient (Wildman–Crippen LogP) is 1.20. The van der Waals surface area contributed by atoms with Crippen molar-refractivity contribution >= 4 is 20.9 Å². The standard InChI is InChI=1S/C12H14N4O2S/c1-19(17,18)12-13-5-9-6-14-16(11(9)15-12)10-3-7-2-8(7)4-10/h5-8,10H,2-4H2,1H3/t7-,8-/m0/s1. The molecule has 0 bridgehead atoms. The van der Waals surface area contributed by atoms with Crippen molar-refractivity contribution in [2.24, 2.45) is 11.8 Å². The van der Waals surface area contributed by atoms with Crippen LogP contribution in [-0.2, 0) is 9.84 Å². The molecule has 0 N–H and O–H groups in total. The Balaban J connectivity index is 1.82. The SMILES string of the molecule is CS(=O)(=O)c1ncc2cnn(C3C[C@@H]4C[C@H]4C3)c2n1. The molecule has 19 heavy (non-hydrogen) atoms. The fraction of sp³-hybridized carbons (Fsp3) is 0.583. The number of nitrogens with zero attached hydrogens (tertiary/aromatic N) is 4. The molecule has 100 valence electrons. The molecule has 2 aromatic rings. The summed E-state index contributed by atoms with van der Waals surface area (Å²) in [6.45, 7) is 0. The first-order valence-electron chi connectivity index (χ1n) is 6.42. The molecule has 0 saturated heterocycles. The highest BCUT2D eigenvalue weighted by atomic mass is 32.2. The van der Waals surface area contributed by atoms with Gasteiger partial charge in [0.2, 0.25) is 15.0 Å². The van der Waals surface area contributed by atoms with E-state index in [0.717, 1.165) is 36.3 Å². The lowest BCUT2D eigenvalue weighted by Gasteiger charge is -2.13. The van der Waals surface area contributed by atoms with E-state index in [4.69, 9.17) is 0 Å². The lowest BCUT2D eigenvalue weighted by molar-refractivity contribution is 0.435. The maximum absolute atomic E-state index is 11.5. The lowest BCUT2D eigenvalue weighted by Crippen LogP contribution is -2.11. The van der Waals surface area contributed by atoms with Gasteiger partial charge in [0, 0.05) is 12.5 Å². The van der Waals surface area contributed by atoms with Crippen LogP contribution < -0.4 is 0 Å². The van der Waals surface area contributed by atoms with E-state index >= 15 is 0 Å². The molecule has 0 spiro atoms. The third-order valence-electron chi connectivity index (χ3n) is 4.21. The van der Waals surface area contributed by atoms with Crippen LogP contribution >= 0.6 is 0 Å². The Morgan fingerprint density at radius 2 is 1.95 bits per heavy atom. The van der Waals surface area contributed by atoms with Gasteiger partial charge in [-0.2, -0.15) is 10.1 Å². The van der Waals surface area contributed by atoms with Gasteiger partial charge in [0.1, 0.15) is 0 Å². The number of sulfone groups is 1. The number of hydrogen-bond donors (Lipinski definition) is 0. The molecule has 0 amide bonds. The van der Waals surface area contributed by atoms with Crippen LogP contribution in [0.5, 0.6) is 0 Å². The first-order chi connectivity index (χ1) is 9.02. The second-order valence-electron chi connectivity index (χ2n) is 5.67. The summed E-state index contributed by atoms with van der Waals surface area (Å²) in [5.74, 6) is 1.70. The van der Waals surface area contributed by atoms with Crippen molar-refractivity contribution in [3.05, 3.63) is 12.4 Å². The first-order valence-corrected chi connectivity index (χ1v) is 8.32. The fourth-order valence-electron chi connectivity index (χ4n) is 3.15. The smallest absolute Gasteiger partial charge is 0.244 e. The van der Waals surface area contributed by atoms with E-state index in [0.29, 0.717) is 11.7 Å². The molecule has 2 aromatic heterocycles. The molecular weight excluding hydrogens is 264 g/mol. The zero-order valence-corrected chi connectivity index (χ0v) is 11.3. The van der Waals surface area contributed by atoms with Crippen molar-refractivity contribution in [3.8, 4) is 0 Å². The van der Waals surface area contributed by atoms with E-state index in [1.807, 2.05) is 4.68 Å². The largest absolute Gasteiger partial charge is 0.248 e. The van der Waals surface area contributed by atoms with Gasteiger partial charge in [-0.1, -0.05) is 0 Å². The summed E-state index contributed by atoms with van der Waals surface area (Å²) in [5, 5.41) is 5.05. The van der Waals surface area contributed by atoms with Crippen molar-refractivity contribution in [2.75, 3.05) is 6.26 Å². The molecule has 7 heteroatoms. The lowest BCUT2D eigenvalue weighted by atomic mass is 10.2. The second kappa shape index (κ2) is 3.53. The second-order valence-corrected chi connectivity index (χ2v) is 7.58. The minimum Gasteiger partial charge on any atom is -0.244 e. The molecule has 2 aliphatic rings. The maximum Gasteiger partial charge on any atom is 0.248 e. The zero-order chi connectivity index (χ0) is 13.2. The Hall–Kier alpha value is -1.50. The Morgan fingerprint density at radius 3 is 2.63 bits per heavy atom. The average molecular weight is 278 g/mol. The normalized spacial score (nSPS) is 26.8. The van der Waals surface area contributed by atoms with Gasteiger partial charge in [0.25, 0.3) is 0 Å². The van der Waals surface area contributed by atoms with E-state index in [-0.39, 0.29) is 5.16 Å². The van der Waals surface area contributed by atoms with Crippen molar-refractivity contribution in [1.29, 1.82) is 0 Å². The topological polar surface area (TPSA) is 77.7 Å². The Labute approximate surface area is 110 Å². The van der Waals surface area contributed by atoms with E-state index in [2.05, 4.69) is 15.1 Å². The first kappa shape index (κ1) is 11.3. The Kier molecular flexibility index (Phi) is 2.11. The van der Waals surface area contributed by atoms with Crippen molar-refractivity contribution < 1.29 is 8.42 Å². The van der Waals surface area contributed by atoms with E-state index in [1.165, 1.54) is 12.6 Å². The highest BCUT2D eigenvalue weighted by molar-refractivity contribution is 7.90. The molecule has 4 rings (SSSR count). The van der Waals surface area contributed by atoms with Gasteiger partial charge in [0.05, 0.1) is 17.6 Å². The number of hydrogen-bond acceptors (Lipinski definition) is 5. The summed E-state index contributed by atoms with van der Waals surface area (Å²) in [4.78, 5) is 8.08. The summed E-state index contributed by atoms with van der Waals surface area (Å²) in [6.07, 6.45) is 8.00. The van der Waals surface area contributed by atoms with Gasteiger partial charge in [-0.05, 0) is 31.1 Å². The molecule has 2 heterocycles. The van der Waals surface area contributed by atoms with Crippen LogP contribution in [0, 0.1) is 11.8 Å². The molecule has 2 aliphatic carbocycles. The van der Waals surface area contributed by atoms with E-state index in [9.17, 15) is 8.42 Å². The Bertz CT molecular complexity index is 757. The molecule has 0 aromatic carbocycles. The monoisotopic (exact) mass is 278 g/mol. The number of fused-ring (bicyclic) bond motifs is 2. The van der Waals surface area contributed by atoms with Crippen LogP contribution in [0.1, 0.15) is 25.3 Å². The summed E-state index contributed by atoms with van der Waals surface area (Å²) in [5.41, 5.74) is 0.640. The van der Waals surface area contributed by atoms with Crippen molar-refractivity contribution in [2.45, 2.75) is 30.5 Å². The van der Waals surface area contributed by atoms with Gasteiger partial charge in [-0.25, -0.2) is 18.1 Å². The van der Waals surface area contributed by atoms with Crippen LogP contribution in [0.2, 0.25) is 0 Å². The molecule has 0 aliphatic heterocycles. The minimum atomic E-state index is -3.38. The zero-order valence-electron chi connectivity index (χ0n) is 10.5. The summed E-state index contributed by atoms with van der Waals surface area (Å²) in [6, 6.07) is 0.364. The Morgan fingerprint density at radius 1 is 1.21 bits per heavy atom. The van der Waals surface area contributed by atoms with Crippen LogP contribution in [-0.4, -0.2) is 34.4 Å². The number of rotatable bonds is 2. The summed E-state index contributed by atoms with van der Waals surface area (Å²) >= 11 is 0. The van der Waals surface area contributed by atoms with Gasteiger partial charge in [-0.3, -0.25) is 0 Å². The molecule has 6 nitrogen and oxygen atoms in total. The van der Waals surface area contributed by atoms with E-state index < -0.39 is 9.84 Å². The predicted molar refractivity (Wildman–Crippen MR) is 68.3 cm³/mol. The maximum atomic E-state index is 11.5. The molecule has 0 radical (unpaired) electrons. The van der Waals surface area contributed by atoms with Crippen molar-refractivity contribution in [3.63, 3.8) is 0 Å². The molecule has 2 fully saturated rings. The average Bonchev–Trinajstić information content (AvgIpc) is 2.82. The summed E-state index contributed by atoms with van der Waals surface area (Å²) in [7, 11) is -3.38. The number of aromatic nitrogens is 4. The van der Waals surface area contributed by atoms with Gasteiger partial charge >= 0.3 is 0 Å². The minimum absolute atomic E-state index is 0.120. The van der Waals surface area contributed by atoms with Crippen LogP contribution in [0.25, 0.3) is 11.0 Å². The highest BCUT2D eigenvalue weighted by Gasteiger charge is 2.47. The summed E-state index contributed by atoms with van der Waals surface area (Å²) < 4.78 is 25.0. The van der Waals surface area contributed by atoms with Crippen molar-refractivity contribution in [1.82, 2.24) is 19.7 Å². The third kappa shape index (κ3) is 1.75. The van der Waals surface area contributed by atoms with Gasteiger partial charge < -0.3 is 0 Å². The molecule has 2 atom stereocenters. The highest BCUT2D eigenvalue weighted by Crippen LogP contribution is 2.56. The van der Waals surface area contributed by atoms with Crippen LogP contribution in [0.3, 0.4) is 0 Å². The molecule has 0 unspecified atom stereocenters. The van der Waals surface area contributed by atoms with Gasteiger partial charge in [-0.15, -0.1) is 0 Å². The quantitative estimate of drug-likeness (QED) is 0.771. The fourth-order valence-corrected chi connectivity index (χ4v) is 3.65.